The molecule has 2 unspecified atom stereocenters. The molecule has 0 aliphatic carbocycles. The van der Waals surface area contributed by atoms with Crippen molar-refractivity contribution in [1.29, 1.82) is 0 Å². The van der Waals surface area contributed by atoms with Crippen molar-refractivity contribution in [2.45, 2.75) is 225 Å². The molecule has 0 aromatic carbocycles. The fourth-order valence-electron chi connectivity index (χ4n) is 7.19. The van der Waals surface area contributed by atoms with Gasteiger partial charge in [0.15, 0.2) is 6.10 Å². The predicted octanol–water partition coefficient (Wildman–Crippen LogP) is 16.7. The number of phosphoric ester groups is 1. The lowest BCUT2D eigenvalue weighted by Crippen LogP contribution is -2.37. The number of hydrogen-bond acceptors (Lipinski definition) is 7. The minimum absolute atomic E-state index is 0.0232. The van der Waals surface area contributed by atoms with Gasteiger partial charge in [0.25, 0.3) is 0 Å². The molecule has 0 rings (SSSR count). The van der Waals surface area contributed by atoms with Gasteiger partial charge in [0.1, 0.15) is 19.8 Å². The molecule has 1 N–H and O–H groups in total. The Morgan fingerprint density at radius 3 is 1.25 bits per heavy atom. The molecule has 2 atom stereocenters. The minimum Gasteiger partial charge on any atom is -0.462 e. The number of ether oxygens (including phenoxy) is 2. The number of carbonyl (C=O) groups is 2. The number of esters is 2. The number of rotatable bonds is 49. The Hall–Kier alpha value is -2.81. The van der Waals surface area contributed by atoms with Gasteiger partial charge in [0.05, 0.1) is 27.7 Å². The van der Waals surface area contributed by atoms with E-state index in [0.717, 1.165) is 89.9 Å². The van der Waals surface area contributed by atoms with Gasteiger partial charge in [-0.25, -0.2) is 4.57 Å². The molecule has 0 saturated heterocycles. The van der Waals surface area contributed by atoms with Gasteiger partial charge < -0.3 is 18.9 Å². The highest BCUT2D eigenvalue weighted by atomic mass is 31.2. The van der Waals surface area contributed by atoms with E-state index in [1.54, 1.807) is 0 Å². The van der Waals surface area contributed by atoms with Gasteiger partial charge in [-0.1, -0.05) is 202 Å². The van der Waals surface area contributed by atoms with Gasteiger partial charge in [0, 0.05) is 12.8 Å². The Kier molecular flexibility index (Phi) is 47.2. The zero-order chi connectivity index (χ0) is 49.9. The first-order valence-electron chi connectivity index (χ1n) is 27.3. The molecule has 0 heterocycles. The van der Waals surface area contributed by atoms with Crippen molar-refractivity contribution < 1.29 is 42.1 Å². The van der Waals surface area contributed by atoms with Gasteiger partial charge in [-0.2, -0.15) is 0 Å². The largest absolute Gasteiger partial charge is 0.472 e. The summed E-state index contributed by atoms with van der Waals surface area (Å²) in [6.07, 6.45) is 64.9. The van der Waals surface area contributed by atoms with Crippen molar-refractivity contribution in [3.63, 3.8) is 0 Å². The van der Waals surface area contributed by atoms with Crippen molar-refractivity contribution >= 4 is 19.8 Å². The lowest BCUT2D eigenvalue weighted by Gasteiger charge is -2.24. The van der Waals surface area contributed by atoms with Crippen LogP contribution < -0.4 is 0 Å². The van der Waals surface area contributed by atoms with Crippen LogP contribution in [0.2, 0.25) is 0 Å². The van der Waals surface area contributed by atoms with Crippen LogP contribution in [0.15, 0.2) is 85.1 Å². The average molecular weight is 973 g/mol. The molecule has 0 bridgehead atoms. The van der Waals surface area contributed by atoms with Gasteiger partial charge in [0.2, 0.25) is 0 Å². The summed E-state index contributed by atoms with van der Waals surface area (Å²) >= 11 is 0. The highest BCUT2D eigenvalue weighted by molar-refractivity contribution is 7.47. The van der Waals surface area contributed by atoms with Crippen LogP contribution in [-0.4, -0.2) is 74.9 Å². The fraction of sp³-hybridized carbons (Fsp3) is 0.724. The number of carbonyl (C=O) groups excluding carboxylic acids is 2. The highest BCUT2D eigenvalue weighted by Crippen LogP contribution is 2.43. The van der Waals surface area contributed by atoms with Crippen LogP contribution in [0.25, 0.3) is 0 Å². The lowest BCUT2D eigenvalue weighted by molar-refractivity contribution is -0.870. The smallest absolute Gasteiger partial charge is 0.462 e. The first-order chi connectivity index (χ1) is 33.0. The Balaban J connectivity index is 4.26. The van der Waals surface area contributed by atoms with Crippen molar-refractivity contribution in [2.24, 2.45) is 0 Å². The second kappa shape index (κ2) is 49.2. The summed E-state index contributed by atoms with van der Waals surface area (Å²) in [6, 6.07) is 0. The number of nitrogens with zero attached hydrogens (tertiary/aromatic N) is 1. The Bertz CT molecular complexity index is 1420. The summed E-state index contributed by atoms with van der Waals surface area (Å²) in [5, 5.41) is 0. The van der Waals surface area contributed by atoms with Crippen LogP contribution in [0.3, 0.4) is 0 Å². The van der Waals surface area contributed by atoms with E-state index in [2.05, 4.69) is 98.9 Å². The molecule has 68 heavy (non-hydrogen) atoms. The van der Waals surface area contributed by atoms with E-state index < -0.39 is 26.5 Å². The normalized spacial score (nSPS) is 14.0. The molecule has 0 aliphatic heterocycles. The third kappa shape index (κ3) is 52.6. The van der Waals surface area contributed by atoms with Crippen LogP contribution in [0, 0.1) is 0 Å². The maximum atomic E-state index is 12.8. The number of allylic oxidation sites excluding steroid dienone is 14. The van der Waals surface area contributed by atoms with E-state index in [1.807, 2.05) is 21.1 Å². The third-order valence-corrected chi connectivity index (χ3v) is 12.4. The second-order valence-electron chi connectivity index (χ2n) is 19.2. The standard InChI is InChI=1S/C58H102NO8P/c1-6-8-10-12-14-16-18-20-22-24-26-28-29-31-32-34-36-38-40-42-44-46-48-50-57(60)64-54-56(55-66-68(62,63)65-53-52-59(3,4)5)67-58(61)51-49-47-45-43-41-39-37-35-33-30-27-25-23-21-19-17-15-13-11-9-7-2/h9,11,15,17-18,20-21,23-24,26-27,30,35,37,56H,6-8,10,12-14,16,19,22,25,28-29,31-34,36,38-55H2,1-5H3/p+1/b11-9-,17-15-,20-18-,23-21-,26-24-,30-27-,37-35-. The summed E-state index contributed by atoms with van der Waals surface area (Å²) < 4.78 is 34.5. The quantitative estimate of drug-likeness (QED) is 0.0211. The Morgan fingerprint density at radius 2 is 0.838 bits per heavy atom. The van der Waals surface area contributed by atoms with Gasteiger partial charge >= 0.3 is 19.8 Å². The first kappa shape index (κ1) is 65.2. The van der Waals surface area contributed by atoms with Crippen LogP contribution >= 0.6 is 7.82 Å². The fourth-order valence-corrected chi connectivity index (χ4v) is 7.93. The van der Waals surface area contributed by atoms with Crippen molar-refractivity contribution in [1.82, 2.24) is 0 Å². The van der Waals surface area contributed by atoms with E-state index in [1.165, 1.54) is 96.3 Å². The van der Waals surface area contributed by atoms with Crippen molar-refractivity contribution in [2.75, 3.05) is 47.5 Å². The third-order valence-electron chi connectivity index (χ3n) is 11.4. The number of quaternary nitrogens is 1. The molecular weight excluding hydrogens is 870 g/mol. The summed E-state index contributed by atoms with van der Waals surface area (Å²) in [5.41, 5.74) is 0. The van der Waals surface area contributed by atoms with Gasteiger partial charge in [-0.3, -0.25) is 18.6 Å². The molecule has 0 radical (unpaired) electrons. The average Bonchev–Trinajstić information content (AvgIpc) is 3.30. The van der Waals surface area contributed by atoms with E-state index in [0.29, 0.717) is 17.4 Å². The summed E-state index contributed by atoms with van der Waals surface area (Å²) in [6.45, 7) is 4.28. The van der Waals surface area contributed by atoms with Gasteiger partial charge in [-0.15, -0.1) is 0 Å². The highest BCUT2D eigenvalue weighted by Gasteiger charge is 2.27. The minimum atomic E-state index is -4.39. The SMILES string of the molecule is CC/C=C\C/C=C\C/C=C\C/C=C\C/C=C\CCCCCCCC(=O)OC(COC(=O)CCCCCCCCCCCCC/C=C\C/C=C\CCCCCCC)COP(=O)(O)OCC[N+](C)(C)C. The first-order valence-corrected chi connectivity index (χ1v) is 28.8. The van der Waals surface area contributed by atoms with Crippen LogP contribution in [0.5, 0.6) is 0 Å². The predicted molar refractivity (Wildman–Crippen MR) is 289 cm³/mol. The molecule has 392 valence electrons. The second-order valence-corrected chi connectivity index (χ2v) is 20.7. The topological polar surface area (TPSA) is 108 Å². The number of unbranched alkanes of at least 4 members (excludes halogenated alkanes) is 21. The van der Waals surface area contributed by atoms with Crippen LogP contribution in [0.4, 0.5) is 0 Å². The molecule has 0 aromatic rings. The molecule has 9 nitrogen and oxygen atoms in total. The van der Waals surface area contributed by atoms with Crippen LogP contribution in [0.1, 0.15) is 219 Å². The summed E-state index contributed by atoms with van der Waals surface area (Å²) in [4.78, 5) is 35.6. The zero-order valence-electron chi connectivity index (χ0n) is 44.3. The molecule has 0 amide bonds. The maximum absolute atomic E-state index is 12.8. The number of hydrogen-bond donors (Lipinski definition) is 1. The molecule has 10 heteroatoms. The maximum Gasteiger partial charge on any atom is 0.472 e. The lowest BCUT2D eigenvalue weighted by atomic mass is 10.0. The molecule has 0 saturated carbocycles. The van der Waals surface area contributed by atoms with Crippen molar-refractivity contribution in [3.05, 3.63) is 85.1 Å². The number of phosphoric acid groups is 1. The Labute approximate surface area is 418 Å². The zero-order valence-corrected chi connectivity index (χ0v) is 45.2. The summed E-state index contributed by atoms with van der Waals surface area (Å²) in [7, 11) is 1.45. The molecule has 0 fully saturated rings. The molecule has 0 spiro atoms. The summed E-state index contributed by atoms with van der Waals surface area (Å²) in [5.74, 6) is -0.824. The van der Waals surface area contributed by atoms with E-state index in [-0.39, 0.29) is 32.0 Å². The van der Waals surface area contributed by atoms with Crippen molar-refractivity contribution in [3.8, 4) is 0 Å². The van der Waals surface area contributed by atoms with E-state index >= 15 is 0 Å². The van der Waals surface area contributed by atoms with Gasteiger partial charge in [-0.05, 0) is 89.9 Å². The van der Waals surface area contributed by atoms with Crippen LogP contribution in [-0.2, 0) is 32.7 Å². The van der Waals surface area contributed by atoms with E-state index in [9.17, 15) is 19.0 Å². The molecular formula is C58H103NO8P+. The Morgan fingerprint density at radius 1 is 0.471 bits per heavy atom. The monoisotopic (exact) mass is 973 g/mol. The molecule has 0 aromatic heterocycles. The van der Waals surface area contributed by atoms with E-state index in [4.69, 9.17) is 18.5 Å². The molecule has 0 aliphatic rings. The number of likely N-dealkylation sites (N-methyl/N-ethyl adjacent to an activating group) is 1.